The Hall–Kier alpha value is -2.14. The second kappa shape index (κ2) is 4.85. The number of benzene rings is 1. The van der Waals surface area contributed by atoms with Gasteiger partial charge in [-0.25, -0.2) is 4.52 Å². The molecule has 0 saturated heterocycles. The van der Waals surface area contributed by atoms with E-state index in [0.29, 0.717) is 5.56 Å². The van der Waals surface area contributed by atoms with Crippen molar-refractivity contribution in [3.63, 3.8) is 0 Å². The number of fused-ring (bicyclic) bond motifs is 1. The first-order valence-corrected chi connectivity index (χ1v) is 6.52. The lowest BCUT2D eigenvalue weighted by Crippen LogP contribution is -2.12. The molecule has 0 unspecified atom stereocenters. The number of carbonyl (C=O) groups excluding carboxylic acids is 1. The molecule has 2 aromatic heterocycles. The first-order chi connectivity index (χ1) is 9.24. The molecule has 0 atom stereocenters. The Balaban J connectivity index is 1.88. The average Bonchev–Trinajstić information content (AvgIpc) is 2.86. The monoisotopic (exact) mass is 315 g/mol. The number of anilines is 1. The van der Waals surface area contributed by atoms with Crippen LogP contribution in [0.2, 0.25) is 0 Å². The van der Waals surface area contributed by atoms with Crippen LogP contribution in [0.3, 0.4) is 0 Å². The second-order valence-corrected chi connectivity index (χ2v) is 4.90. The molecule has 3 rings (SSSR count). The van der Waals surface area contributed by atoms with Gasteiger partial charge in [-0.2, -0.15) is 5.10 Å². The minimum absolute atomic E-state index is 0.142. The van der Waals surface area contributed by atoms with Crippen LogP contribution in [0.4, 0.5) is 5.69 Å². The van der Waals surface area contributed by atoms with E-state index >= 15 is 0 Å². The third kappa shape index (κ3) is 2.37. The molecule has 0 fully saturated rings. The molecule has 1 aromatic carbocycles. The summed E-state index contributed by atoms with van der Waals surface area (Å²) in [7, 11) is 0. The quantitative estimate of drug-likeness (QED) is 0.788. The summed E-state index contributed by atoms with van der Waals surface area (Å²) >= 11 is 3.37. The number of rotatable bonds is 2. The van der Waals surface area contributed by atoms with E-state index in [0.717, 1.165) is 15.7 Å². The van der Waals surface area contributed by atoms with Crippen molar-refractivity contribution in [3.8, 4) is 0 Å². The SMILES string of the molecule is O=C(Nc1ccn2nccc2c1)c1ccccc1Br. The van der Waals surface area contributed by atoms with Gasteiger partial charge in [0.2, 0.25) is 0 Å². The molecular formula is C14H10BrN3O. The molecule has 0 spiro atoms. The van der Waals surface area contributed by atoms with Gasteiger partial charge in [0.15, 0.2) is 0 Å². The lowest BCUT2D eigenvalue weighted by Gasteiger charge is -2.07. The Morgan fingerprint density at radius 1 is 1.21 bits per heavy atom. The number of aromatic nitrogens is 2. The molecule has 3 aromatic rings. The summed E-state index contributed by atoms with van der Waals surface area (Å²) < 4.78 is 2.52. The smallest absolute Gasteiger partial charge is 0.256 e. The Kier molecular flexibility index (Phi) is 3.05. The summed E-state index contributed by atoms with van der Waals surface area (Å²) in [5, 5.41) is 6.98. The van der Waals surface area contributed by atoms with Gasteiger partial charge < -0.3 is 5.32 Å². The molecule has 5 heteroatoms. The molecule has 0 aliphatic heterocycles. The topological polar surface area (TPSA) is 46.4 Å². The Labute approximate surface area is 118 Å². The summed E-state index contributed by atoms with van der Waals surface area (Å²) in [4.78, 5) is 12.1. The van der Waals surface area contributed by atoms with E-state index in [-0.39, 0.29) is 5.91 Å². The van der Waals surface area contributed by atoms with E-state index in [9.17, 15) is 4.79 Å². The van der Waals surface area contributed by atoms with Gasteiger partial charge in [-0.3, -0.25) is 4.79 Å². The standard InChI is InChI=1S/C14H10BrN3O/c15-13-4-2-1-3-12(13)14(19)17-10-6-8-18-11(9-10)5-7-16-18/h1-9H,(H,17,19). The normalized spacial score (nSPS) is 10.6. The van der Waals surface area contributed by atoms with Gasteiger partial charge in [0, 0.05) is 22.6 Å². The summed E-state index contributed by atoms with van der Waals surface area (Å²) in [5.74, 6) is -0.142. The highest BCUT2D eigenvalue weighted by atomic mass is 79.9. The zero-order chi connectivity index (χ0) is 13.2. The fraction of sp³-hybridized carbons (Fsp3) is 0. The fourth-order valence-corrected chi connectivity index (χ4v) is 2.31. The minimum Gasteiger partial charge on any atom is -0.322 e. The highest BCUT2D eigenvalue weighted by Crippen LogP contribution is 2.18. The molecule has 0 saturated carbocycles. The van der Waals surface area contributed by atoms with Crippen LogP contribution in [0, 0.1) is 0 Å². The van der Waals surface area contributed by atoms with Crippen molar-refractivity contribution in [2.45, 2.75) is 0 Å². The van der Waals surface area contributed by atoms with E-state index in [1.165, 1.54) is 0 Å². The Bertz CT molecular complexity index is 751. The number of carbonyl (C=O) groups is 1. The number of hydrogen-bond acceptors (Lipinski definition) is 2. The summed E-state index contributed by atoms with van der Waals surface area (Å²) in [6.07, 6.45) is 3.53. The first-order valence-electron chi connectivity index (χ1n) is 5.73. The van der Waals surface area contributed by atoms with Crippen LogP contribution in [0.15, 0.2) is 59.3 Å². The molecule has 4 nitrogen and oxygen atoms in total. The van der Waals surface area contributed by atoms with Gasteiger partial charge >= 0.3 is 0 Å². The lowest BCUT2D eigenvalue weighted by molar-refractivity contribution is 0.102. The van der Waals surface area contributed by atoms with Crippen LogP contribution in [0.5, 0.6) is 0 Å². The number of halogens is 1. The van der Waals surface area contributed by atoms with Crippen LogP contribution in [-0.2, 0) is 0 Å². The predicted octanol–water partition coefficient (Wildman–Crippen LogP) is 3.35. The van der Waals surface area contributed by atoms with Crippen molar-refractivity contribution in [1.29, 1.82) is 0 Å². The van der Waals surface area contributed by atoms with E-state index in [2.05, 4.69) is 26.3 Å². The van der Waals surface area contributed by atoms with E-state index in [1.807, 2.05) is 42.6 Å². The van der Waals surface area contributed by atoms with Crippen LogP contribution < -0.4 is 5.32 Å². The summed E-state index contributed by atoms with van der Waals surface area (Å²) in [6, 6.07) is 12.9. The van der Waals surface area contributed by atoms with Crippen molar-refractivity contribution in [2.75, 3.05) is 5.32 Å². The Morgan fingerprint density at radius 2 is 2.05 bits per heavy atom. The van der Waals surface area contributed by atoms with Crippen molar-refractivity contribution >= 4 is 33.0 Å². The minimum atomic E-state index is -0.142. The zero-order valence-corrected chi connectivity index (χ0v) is 11.5. The maximum atomic E-state index is 12.1. The Morgan fingerprint density at radius 3 is 2.89 bits per heavy atom. The molecule has 0 radical (unpaired) electrons. The lowest BCUT2D eigenvalue weighted by atomic mass is 10.2. The number of amides is 1. The molecular weight excluding hydrogens is 306 g/mol. The molecule has 0 bridgehead atoms. The number of hydrogen-bond donors (Lipinski definition) is 1. The largest absolute Gasteiger partial charge is 0.322 e. The van der Waals surface area contributed by atoms with Gasteiger partial charge in [-0.05, 0) is 46.3 Å². The van der Waals surface area contributed by atoms with Crippen LogP contribution in [0.25, 0.3) is 5.52 Å². The van der Waals surface area contributed by atoms with Crippen molar-refractivity contribution < 1.29 is 4.79 Å². The first kappa shape index (κ1) is 11.9. The van der Waals surface area contributed by atoms with Gasteiger partial charge in [-0.15, -0.1) is 0 Å². The number of nitrogens with one attached hydrogen (secondary N) is 1. The molecule has 2 heterocycles. The van der Waals surface area contributed by atoms with Gasteiger partial charge in [-0.1, -0.05) is 12.1 Å². The van der Waals surface area contributed by atoms with E-state index in [4.69, 9.17) is 0 Å². The highest BCUT2D eigenvalue weighted by Gasteiger charge is 2.09. The molecule has 19 heavy (non-hydrogen) atoms. The molecule has 0 aliphatic rings. The number of nitrogens with zero attached hydrogens (tertiary/aromatic N) is 2. The van der Waals surface area contributed by atoms with Crippen LogP contribution in [-0.4, -0.2) is 15.5 Å². The maximum absolute atomic E-state index is 12.1. The van der Waals surface area contributed by atoms with Gasteiger partial charge in [0.05, 0.1) is 11.1 Å². The fourth-order valence-electron chi connectivity index (χ4n) is 1.84. The third-order valence-electron chi connectivity index (χ3n) is 2.78. The molecule has 94 valence electrons. The van der Waals surface area contributed by atoms with Crippen LogP contribution in [0.1, 0.15) is 10.4 Å². The predicted molar refractivity (Wildman–Crippen MR) is 77.3 cm³/mol. The zero-order valence-electron chi connectivity index (χ0n) is 9.88. The molecule has 0 aliphatic carbocycles. The molecule has 1 amide bonds. The second-order valence-electron chi connectivity index (χ2n) is 4.05. The van der Waals surface area contributed by atoms with Crippen molar-refractivity contribution in [3.05, 3.63) is 64.9 Å². The highest BCUT2D eigenvalue weighted by molar-refractivity contribution is 9.10. The average molecular weight is 316 g/mol. The van der Waals surface area contributed by atoms with Crippen molar-refractivity contribution in [2.24, 2.45) is 0 Å². The van der Waals surface area contributed by atoms with E-state index in [1.54, 1.807) is 16.8 Å². The van der Waals surface area contributed by atoms with Crippen LogP contribution >= 0.6 is 15.9 Å². The summed E-state index contributed by atoms with van der Waals surface area (Å²) in [6.45, 7) is 0. The third-order valence-corrected chi connectivity index (χ3v) is 3.47. The number of pyridine rings is 1. The molecule has 1 N–H and O–H groups in total. The van der Waals surface area contributed by atoms with Gasteiger partial charge in [0.1, 0.15) is 0 Å². The van der Waals surface area contributed by atoms with E-state index < -0.39 is 0 Å². The maximum Gasteiger partial charge on any atom is 0.256 e. The van der Waals surface area contributed by atoms with Crippen molar-refractivity contribution in [1.82, 2.24) is 9.61 Å². The van der Waals surface area contributed by atoms with Gasteiger partial charge in [0.25, 0.3) is 5.91 Å². The summed E-state index contributed by atoms with van der Waals surface area (Å²) in [5.41, 5.74) is 2.29.